The molecule has 2 rings (SSSR count). The number of anilines is 1. The highest BCUT2D eigenvalue weighted by molar-refractivity contribution is 5.68. The van der Waals surface area contributed by atoms with Crippen molar-refractivity contribution in [2.24, 2.45) is 0 Å². The van der Waals surface area contributed by atoms with Crippen molar-refractivity contribution in [1.82, 2.24) is 15.0 Å². The topological polar surface area (TPSA) is 59.9 Å². The zero-order valence-corrected chi connectivity index (χ0v) is 12.4. The molecule has 0 fully saturated rings. The molecule has 2 aromatic rings. The highest BCUT2D eigenvalue weighted by Crippen LogP contribution is 2.27. The largest absolute Gasteiger partial charge is 0.481 e. The summed E-state index contributed by atoms with van der Waals surface area (Å²) in [7, 11) is 1.61. The van der Waals surface area contributed by atoms with E-state index in [1.54, 1.807) is 13.3 Å². The number of hydrogen-bond acceptors (Lipinski definition) is 5. The molecule has 20 heavy (non-hydrogen) atoms. The van der Waals surface area contributed by atoms with Gasteiger partial charge in [-0.15, -0.1) is 0 Å². The first-order valence-corrected chi connectivity index (χ1v) is 6.81. The van der Waals surface area contributed by atoms with E-state index in [-0.39, 0.29) is 0 Å². The molecular weight excluding hydrogens is 252 g/mol. The summed E-state index contributed by atoms with van der Waals surface area (Å²) in [6.07, 6.45) is 2.53. The summed E-state index contributed by atoms with van der Waals surface area (Å²) in [6, 6.07) is 3.83. The molecule has 2 aromatic heterocycles. The third kappa shape index (κ3) is 2.87. The molecule has 1 N–H and O–H groups in total. The quantitative estimate of drug-likeness (QED) is 0.907. The number of nitrogens with zero attached hydrogens (tertiary/aromatic N) is 3. The Labute approximate surface area is 119 Å². The Hall–Kier alpha value is -2.17. The number of aryl methyl sites for hydroxylation is 1. The predicted octanol–water partition coefficient (Wildman–Crippen LogP) is 2.85. The van der Waals surface area contributed by atoms with Gasteiger partial charge in [-0.05, 0) is 19.9 Å². The zero-order chi connectivity index (χ0) is 14.5. The average Bonchev–Trinajstić information content (AvgIpc) is 2.49. The molecule has 2 heterocycles. The van der Waals surface area contributed by atoms with Crippen LogP contribution in [0.4, 0.5) is 5.82 Å². The lowest BCUT2D eigenvalue weighted by molar-refractivity contribution is 0.398. The molecule has 0 bridgehead atoms. The Morgan fingerprint density at radius 2 is 2.05 bits per heavy atom. The van der Waals surface area contributed by atoms with Crippen LogP contribution in [0.25, 0.3) is 11.3 Å². The zero-order valence-electron chi connectivity index (χ0n) is 12.4. The van der Waals surface area contributed by atoms with Crippen molar-refractivity contribution < 1.29 is 4.74 Å². The summed E-state index contributed by atoms with van der Waals surface area (Å²) in [5.74, 6) is 2.31. The molecule has 0 aliphatic heterocycles. The van der Waals surface area contributed by atoms with E-state index in [2.05, 4.69) is 34.1 Å². The summed E-state index contributed by atoms with van der Waals surface area (Å²) in [5, 5.41) is 3.29. The molecule has 0 amide bonds. The van der Waals surface area contributed by atoms with Crippen LogP contribution in [0.15, 0.2) is 18.3 Å². The molecule has 0 aliphatic rings. The molecule has 0 saturated heterocycles. The fourth-order valence-electron chi connectivity index (χ4n) is 2.01. The third-order valence-corrected chi connectivity index (χ3v) is 3.07. The van der Waals surface area contributed by atoms with E-state index >= 15 is 0 Å². The molecule has 5 nitrogen and oxygen atoms in total. The van der Waals surface area contributed by atoms with E-state index in [1.165, 1.54) is 0 Å². The fraction of sp³-hybridized carbons (Fsp3) is 0.400. The third-order valence-electron chi connectivity index (χ3n) is 3.07. The van der Waals surface area contributed by atoms with E-state index in [0.717, 1.165) is 41.4 Å². The summed E-state index contributed by atoms with van der Waals surface area (Å²) in [4.78, 5) is 13.3. The Bertz CT molecular complexity index is 598. The van der Waals surface area contributed by atoms with Gasteiger partial charge in [0.05, 0.1) is 12.8 Å². The van der Waals surface area contributed by atoms with Gasteiger partial charge in [0.1, 0.15) is 11.6 Å². The van der Waals surface area contributed by atoms with Gasteiger partial charge in [-0.3, -0.25) is 0 Å². The van der Waals surface area contributed by atoms with Crippen LogP contribution in [0.2, 0.25) is 0 Å². The minimum atomic E-state index is 0.587. The van der Waals surface area contributed by atoms with E-state index in [9.17, 15) is 0 Å². The van der Waals surface area contributed by atoms with Gasteiger partial charge in [0.15, 0.2) is 0 Å². The lowest BCUT2D eigenvalue weighted by Crippen LogP contribution is -2.07. The number of rotatable bonds is 5. The van der Waals surface area contributed by atoms with Crippen molar-refractivity contribution in [3.63, 3.8) is 0 Å². The van der Waals surface area contributed by atoms with Crippen LogP contribution in [0.3, 0.4) is 0 Å². The van der Waals surface area contributed by atoms with E-state index in [1.807, 2.05) is 19.1 Å². The van der Waals surface area contributed by atoms with Gasteiger partial charge in [0, 0.05) is 36.4 Å². The second-order valence-electron chi connectivity index (χ2n) is 4.43. The Morgan fingerprint density at radius 1 is 1.25 bits per heavy atom. The Morgan fingerprint density at radius 3 is 2.70 bits per heavy atom. The van der Waals surface area contributed by atoms with Crippen LogP contribution in [-0.2, 0) is 6.42 Å². The minimum Gasteiger partial charge on any atom is -0.481 e. The molecular formula is C15H20N4O. The molecule has 0 aromatic carbocycles. The van der Waals surface area contributed by atoms with Crippen molar-refractivity contribution in [2.45, 2.75) is 27.2 Å². The Balaban J connectivity index is 2.56. The minimum absolute atomic E-state index is 0.587. The van der Waals surface area contributed by atoms with Crippen LogP contribution in [-0.4, -0.2) is 28.6 Å². The molecule has 0 saturated carbocycles. The number of aromatic nitrogens is 3. The first-order chi connectivity index (χ1) is 9.69. The summed E-state index contributed by atoms with van der Waals surface area (Å²) in [6.45, 7) is 6.97. The highest BCUT2D eigenvalue weighted by Gasteiger charge is 2.12. The highest BCUT2D eigenvalue weighted by atomic mass is 16.5. The first kappa shape index (κ1) is 14.2. The Kier molecular flexibility index (Phi) is 4.50. The van der Waals surface area contributed by atoms with Crippen molar-refractivity contribution in [3.8, 4) is 17.1 Å². The smallest absolute Gasteiger partial charge is 0.213 e. The van der Waals surface area contributed by atoms with Gasteiger partial charge >= 0.3 is 0 Å². The van der Waals surface area contributed by atoms with Gasteiger partial charge in [-0.25, -0.2) is 15.0 Å². The molecule has 5 heteroatoms. The number of pyridine rings is 1. The number of ether oxygens (including phenoxy) is 1. The second kappa shape index (κ2) is 6.32. The lowest BCUT2D eigenvalue weighted by atomic mass is 10.1. The average molecular weight is 272 g/mol. The van der Waals surface area contributed by atoms with Crippen LogP contribution < -0.4 is 10.1 Å². The maximum atomic E-state index is 5.18. The molecule has 0 radical (unpaired) electrons. The summed E-state index contributed by atoms with van der Waals surface area (Å²) < 4.78 is 5.18. The predicted molar refractivity (Wildman–Crippen MR) is 80.1 cm³/mol. The maximum absolute atomic E-state index is 5.18. The van der Waals surface area contributed by atoms with Crippen molar-refractivity contribution in [1.29, 1.82) is 0 Å². The summed E-state index contributed by atoms with van der Waals surface area (Å²) in [5.41, 5.74) is 2.96. The number of nitrogens with one attached hydrogen (secondary N) is 1. The maximum Gasteiger partial charge on any atom is 0.213 e. The lowest BCUT2D eigenvalue weighted by Gasteiger charge is -2.13. The molecule has 0 aliphatic carbocycles. The number of methoxy groups -OCH3 is 1. The van der Waals surface area contributed by atoms with Gasteiger partial charge in [-0.2, -0.15) is 0 Å². The van der Waals surface area contributed by atoms with E-state index in [4.69, 9.17) is 4.74 Å². The molecule has 106 valence electrons. The second-order valence-corrected chi connectivity index (χ2v) is 4.43. The fourth-order valence-corrected chi connectivity index (χ4v) is 2.01. The monoisotopic (exact) mass is 272 g/mol. The van der Waals surface area contributed by atoms with E-state index < -0.39 is 0 Å². The summed E-state index contributed by atoms with van der Waals surface area (Å²) >= 11 is 0. The van der Waals surface area contributed by atoms with Gasteiger partial charge < -0.3 is 10.1 Å². The van der Waals surface area contributed by atoms with Gasteiger partial charge in [0.25, 0.3) is 0 Å². The number of hydrogen-bond donors (Lipinski definition) is 1. The van der Waals surface area contributed by atoms with Crippen molar-refractivity contribution in [2.75, 3.05) is 19.0 Å². The molecule has 0 atom stereocenters. The standard InChI is InChI=1S/C15H20N4O/c1-5-12-18-14(10(3)15(19-12)16-6-2)11-7-8-17-13(9-11)20-4/h7-9H,5-6H2,1-4H3,(H,16,18,19). The van der Waals surface area contributed by atoms with Crippen LogP contribution in [0.5, 0.6) is 5.88 Å². The van der Waals surface area contributed by atoms with E-state index in [0.29, 0.717) is 5.88 Å². The van der Waals surface area contributed by atoms with Crippen LogP contribution >= 0.6 is 0 Å². The van der Waals surface area contributed by atoms with Gasteiger partial charge in [-0.1, -0.05) is 6.92 Å². The van der Waals surface area contributed by atoms with Gasteiger partial charge in [0.2, 0.25) is 5.88 Å². The first-order valence-electron chi connectivity index (χ1n) is 6.81. The van der Waals surface area contributed by atoms with Crippen LogP contribution in [0.1, 0.15) is 25.2 Å². The molecule has 0 spiro atoms. The van der Waals surface area contributed by atoms with Crippen LogP contribution in [0, 0.1) is 6.92 Å². The normalized spacial score (nSPS) is 10.4. The SMILES string of the molecule is CCNc1nc(CC)nc(-c2ccnc(OC)c2)c1C. The molecule has 0 unspecified atom stereocenters. The van der Waals surface area contributed by atoms with Crippen molar-refractivity contribution in [3.05, 3.63) is 29.7 Å². The van der Waals surface area contributed by atoms with Crippen molar-refractivity contribution >= 4 is 5.82 Å².